The van der Waals surface area contributed by atoms with Gasteiger partial charge in [-0.3, -0.25) is 9.59 Å². The second kappa shape index (κ2) is 8.37. The molecule has 0 aromatic heterocycles. The fourth-order valence-electron chi connectivity index (χ4n) is 2.50. The van der Waals surface area contributed by atoms with Crippen LogP contribution in [0.4, 0.5) is 5.69 Å². The lowest BCUT2D eigenvalue weighted by atomic mass is 10.2. The quantitative estimate of drug-likeness (QED) is 0.621. The van der Waals surface area contributed by atoms with Gasteiger partial charge in [0.25, 0.3) is 0 Å². The number of unbranched alkanes of at least 4 members (excludes halogenated alkanes) is 2. The summed E-state index contributed by atoms with van der Waals surface area (Å²) in [5, 5.41) is 2.87. The Labute approximate surface area is 132 Å². The number of carbonyl (C=O) groups is 2. The van der Waals surface area contributed by atoms with Crippen LogP contribution in [0, 0.1) is 0 Å². The minimum atomic E-state index is -0.0603. The van der Waals surface area contributed by atoms with E-state index in [0.717, 1.165) is 50.0 Å². The zero-order chi connectivity index (χ0) is 15.8. The molecular weight excluding hydrogens is 276 g/mol. The van der Waals surface area contributed by atoms with Crippen LogP contribution in [0.1, 0.15) is 44.6 Å². The van der Waals surface area contributed by atoms with Crippen LogP contribution < -0.4 is 10.2 Å². The van der Waals surface area contributed by atoms with Gasteiger partial charge >= 0.3 is 0 Å². The predicted octanol–water partition coefficient (Wildman–Crippen LogP) is 3.13. The Morgan fingerprint density at radius 2 is 2.05 bits per heavy atom. The van der Waals surface area contributed by atoms with Gasteiger partial charge in [-0.15, -0.1) is 0 Å². The van der Waals surface area contributed by atoms with Crippen molar-refractivity contribution in [2.24, 2.45) is 0 Å². The monoisotopic (exact) mass is 300 g/mol. The molecule has 118 valence electrons. The third kappa shape index (κ3) is 4.72. The maximum Gasteiger partial charge on any atom is 0.243 e. The van der Waals surface area contributed by atoms with E-state index in [2.05, 4.69) is 12.2 Å². The van der Waals surface area contributed by atoms with E-state index in [1.54, 1.807) is 12.2 Å². The highest BCUT2D eigenvalue weighted by atomic mass is 16.2. The first-order valence-electron chi connectivity index (χ1n) is 8.07. The first-order chi connectivity index (χ1) is 10.7. The van der Waals surface area contributed by atoms with Gasteiger partial charge in [0.05, 0.1) is 0 Å². The Bertz CT molecular complexity index is 535. The summed E-state index contributed by atoms with van der Waals surface area (Å²) >= 11 is 0. The maximum atomic E-state index is 11.7. The Balaban J connectivity index is 1.84. The molecule has 0 radical (unpaired) electrons. The van der Waals surface area contributed by atoms with Gasteiger partial charge in [-0.2, -0.15) is 0 Å². The van der Waals surface area contributed by atoms with Gasteiger partial charge in [-0.1, -0.05) is 31.9 Å². The summed E-state index contributed by atoms with van der Waals surface area (Å²) in [7, 11) is 0. The Hall–Kier alpha value is -2.10. The molecule has 1 N–H and O–H groups in total. The van der Waals surface area contributed by atoms with Gasteiger partial charge in [0, 0.05) is 31.3 Å². The molecule has 1 aromatic rings. The van der Waals surface area contributed by atoms with Crippen molar-refractivity contribution in [1.29, 1.82) is 0 Å². The second-order valence-corrected chi connectivity index (χ2v) is 5.57. The van der Waals surface area contributed by atoms with Crippen LogP contribution in [0.2, 0.25) is 0 Å². The van der Waals surface area contributed by atoms with Crippen molar-refractivity contribution in [2.45, 2.75) is 39.0 Å². The van der Waals surface area contributed by atoms with E-state index in [1.165, 1.54) is 0 Å². The predicted molar refractivity (Wildman–Crippen MR) is 89.6 cm³/mol. The molecule has 1 aliphatic rings. The SMILES string of the molecule is CCCCCNC(=O)/C=C/c1ccc(N2CCCC2=O)cc1. The molecular formula is C18H24N2O2. The highest BCUT2D eigenvalue weighted by Crippen LogP contribution is 2.21. The molecule has 1 heterocycles. The van der Waals surface area contributed by atoms with E-state index < -0.39 is 0 Å². The molecule has 2 amide bonds. The lowest BCUT2D eigenvalue weighted by molar-refractivity contribution is -0.117. The largest absolute Gasteiger partial charge is 0.353 e. The van der Waals surface area contributed by atoms with Gasteiger partial charge in [-0.05, 0) is 36.6 Å². The fourth-order valence-corrected chi connectivity index (χ4v) is 2.50. The van der Waals surface area contributed by atoms with Crippen LogP contribution in [0.3, 0.4) is 0 Å². The lowest BCUT2D eigenvalue weighted by Crippen LogP contribution is -2.23. The van der Waals surface area contributed by atoms with E-state index in [4.69, 9.17) is 0 Å². The molecule has 0 spiro atoms. The topological polar surface area (TPSA) is 49.4 Å². The molecule has 22 heavy (non-hydrogen) atoms. The minimum Gasteiger partial charge on any atom is -0.353 e. The summed E-state index contributed by atoms with van der Waals surface area (Å²) in [6.45, 7) is 3.67. The number of benzene rings is 1. The highest BCUT2D eigenvalue weighted by Gasteiger charge is 2.21. The van der Waals surface area contributed by atoms with Crippen LogP contribution in [-0.4, -0.2) is 24.9 Å². The number of anilines is 1. The minimum absolute atomic E-state index is 0.0603. The van der Waals surface area contributed by atoms with E-state index in [-0.39, 0.29) is 11.8 Å². The van der Waals surface area contributed by atoms with Crippen LogP contribution >= 0.6 is 0 Å². The van der Waals surface area contributed by atoms with Crippen molar-refractivity contribution in [1.82, 2.24) is 5.32 Å². The van der Waals surface area contributed by atoms with Gasteiger partial charge in [0.15, 0.2) is 0 Å². The maximum absolute atomic E-state index is 11.7. The first-order valence-corrected chi connectivity index (χ1v) is 8.07. The van der Waals surface area contributed by atoms with E-state index in [0.29, 0.717) is 6.42 Å². The number of rotatable bonds is 7. The second-order valence-electron chi connectivity index (χ2n) is 5.57. The van der Waals surface area contributed by atoms with Crippen LogP contribution in [0.25, 0.3) is 6.08 Å². The molecule has 1 aromatic carbocycles. The third-order valence-corrected chi connectivity index (χ3v) is 3.78. The van der Waals surface area contributed by atoms with Crippen molar-refractivity contribution in [3.63, 3.8) is 0 Å². The zero-order valence-corrected chi connectivity index (χ0v) is 13.2. The van der Waals surface area contributed by atoms with Gasteiger partial charge < -0.3 is 10.2 Å². The van der Waals surface area contributed by atoms with Crippen LogP contribution in [0.5, 0.6) is 0 Å². The number of hydrogen-bond donors (Lipinski definition) is 1. The molecule has 0 unspecified atom stereocenters. The van der Waals surface area contributed by atoms with Gasteiger partial charge in [0.2, 0.25) is 11.8 Å². The molecule has 4 heteroatoms. The van der Waals surface area contributed by atoms with Crippen molar-refractivity contribution in [2.75, 3.05) is 18.0 Å². The van der Waals surface area contributed by atoms with E-state index in [1.807, 2.05) is 29.2 Å². The molecule has 0 bridgehead atoms. The fraction of sp³-hybridized carbons (Fsp3) is 0.444. The normalized spacial score (nSPS) is 14.8. The summed E-state index contributed by atoms with van der Waals surface area (Å²) < 4.78 is 0. The first kappa shape index (κ1) is 16.3. The van der Waals surface area contributed by atoms with Crippen LogP contribution in [0.15, 0.2) is 30.3 Å². The number of nitrogens with one attached hydrogen (secondary N) is 1. The summed E-state index contributed by atoms with van der Waals surface area (Å²) in [4.78, 5) is 25.1. The summed E-state index contributed by atoms with van der Waals surface area (Å²) in [6, 6.07) is 7.73. The standard InChI is InChI=1S/C18H24N2O2/c1-2-3-4-13-19-17(21)12-9-15-7-10-16(11-8-15)20-14-5-6-18(20)22/h7-12H,2-6,13-14H2,1H3,(H,19,21)/b12-9+. The lowest BCUT2D eigenvalue weighted by Gasteiger charge is -2.15. The summed E-state index contributed by atoms with van der Waals surface area (Å²) in [5.41, 5.74) is 1.89. The number of carbonyl (C=O) groups excluding carboxylic acids is 2. The van der Waals surface area contributed by atoms with Crippen molar-refractivity contribution in [3.8, 4) is 0 Å². The van der Waals surface area contributed by atoms with Crippen molar-refractivity contribution < 1.29 is 9.59 Å². The molecule has 4 nitrogen and oxygen atoms in total. The average Bonchev–Trinajstić information content (AvgIpc) is 2.96. The number of amides is 2. The van der Waals surface area contributed by atoms with Crippen molar-refractivity contribution >= 4 is 23.6 Å². The molecule has 0 atom stereocenters. The number of nitrogens with zero attached hydrogens (tertiary/aromatic N) is 1. The molecule has 1 saturated heterocycles. The zero-order valence-electron chi connectivity index (χ0n) is 13.2. The molecule has 0 saturated carbocycles. The Morgan fingerprint density at radius 1 is 1.27 bits per heavy atom. The molecule has 0 aliphatic carbocycles. The van der Waals surface area contributed by atoms with Gasteiger partial charge in [0.1, 0.15) is 0 Å². The van der Waals surface area contributed by atoms with E-state index in [9.17, 15) is 9.59 Å². The van der Waals surface area contributed by atoms with Gasteiger partial charge in [-0.25, -0.2) is 0 Å². The summed E-state index contributed by atoms with van der Waals surface area (Å²) in [5.74, 6) is 0.129. The van der Waals surface area contributed by atoms with E-state index >= 15 is 0 Å². The molecule has 2 rings (SSSR count). The third-order valence-electron chi connectivity index (χ3n) is 3.78. The Kier molecular flexibility index (Phi) is 6.19. The number of hydrogen-bond acceptors (Lipinski definition) is 2. The molecule has 1 fully saturated rings. The van der Waals surface area contributed by atoms with Crippen molar-refractivity contribution in [3.05, 3.63) is 35.9 Å². The smallest absolute Gasteiger partial charge is 0.243 e. The average molecular weight is 300 g/mol. The highest BCUT2D eigenvalue weighted by molar-refractivity contribution is 5.95. The summed E-state index contributed by atoms with van der Waals surface area (Å²) in [6.07, 6.45) is 8.23. The Morgan fingerprint density at radius 3 is 2.68 bits per heavy atom. The molecule has 1 aliphatic heterocycles. The van der Waals surface area contributed by atoms with Crippen LogP contribution in [-0.2, 0) is 9.59 Å².